The second kappa shape index (κ2) is 11.3. The van der Waals surface area contributed by atoms with Gasteiger partial charge in [-0.3, -0.25) is 9.59 Å². The van der Waals surface area contributed by atoms with E-state index in [0.717, 1.165) is 36.1 Å². The van der Waals surface area contributed by atoms with Crippen LogP contribution in [0.1, 0.15) is 92.1 Å². The molecule has 1 aliphatic rings. The number of carbonyl (C=O) groups is 2. The van der Waals surface area contributed by atoms with Crippen molar-refractivity contribution >= 4 is 11.9 Å². The molecule has 206 valence electrons. The molecular weight excluding hydrogens is 486 g/mol. The lowest BCUT2D eigenvalue weighted by Gasteiger charge is -2.36. The second-order valence-corrected chi connectivity index (χ2v) is 12.4. The van der Waals surface area contributed by atoms with E-state index in [1.165, 1.54) is 21.6 Å². The molecule has 0 saturated heterocycles. The number of hydrogen-bond acceptors (Lipinski definition) is 3. The number of fused-ring (bicyclic) bond motifs is 1. The van der Waals surface area contributed by atoms with Crippen LogP contribution in [0.2, 0.25) is 0 Å². The number of rotatable bonds is 8. The molecule has 5 nitrogen and oxygen atoms in total. The minimum Gasteiger partial charge on any atom is -0.487 e. The lowest BCUT2D eigenvalue weighted by molar-refractivity contribution is -0.137. The zero-order valence-electron chi connectivity index (χ0n) is 24.1. The van der Waals surface area contributed by atoms with E-state index < -0.39 is 5.97 Å². The van der Waals surface area contributed by atoms with E-state index in [9.17, 15) is 14.7 Å². The molecule has 1 atom stereocenters. The number of ether oxygens (including phenoxy) is 1. The summed E-state index contributed by atoms with van der Waals surface area (Å²) in [5, 5.41) is 9.51. The third-order valence-electron chi connectivity index (χ3n) is 7.62. The Balaban J connectivity index is 1.48. The van der Waals surface area contributed by atoms with Crippen LogP contribution in [0, 0.1) is 0 Å². The minimum absolute atomic E-state index is 0.0226. The Bertz CT molecular complexity index is 1320. The fourth-order valence-corrected chi connectivity index (χ4v) is 5.18. The lowest BCUT2D eigenvalue weighted by atomic mass is 9.86. The number of nitrogens with zero attached hydrogens (tertiary/aromatic N) is 1. The Kier molecular flexibility index (Phi) is 8.20. The second-order valence-electron chi connectivity index (χ2n) is 12.4. The van der Waals surface area contributed by atoms with Crippen molar-refractivity contribution in [2.45, 2.75) is 84.3 Å². The van der Waals surface area contributed by atoms with Gasteiger partial charge in [0.05, 0.1) is 0 Å². The summed E-state index contributed by atoms with van der Waals surface area (Å²) in [4.78, 5) is 26.5. The van der Waals surface area contributed by atoms with E-state index >= 15 is 0 Å². The molecule has 4 rings (SSSR count). The molecular formula is C34H41NO4. The van der Waals surface area contributed by atoms with Crippen LogP contribution in [0.4, 0.5) is 0 Å². The van der Waals surface area contributed by atoms with E-state index in [2.05, 4.69) is 65.8 Å². The van der Waals surface area contributed by atoms with Crippen LogP contribution in [0.15, 0.2) is 66.7 Å². The van der Waals surface area contributed by atoms with Crippen molar-refractivity contribution in [3.8, 4) is 5.75 Å². The molecule has 1 unspecified atom stereocenters. The van der Waals surface area contributed by atoms with Crippen molar-refractivity contribution in [3.05, 3.63) is 100 Å². The molecule has 0 radical (unpaired) electrons. The highest BCUT2D eigenvalue weighted by molar-refractivity contribution is 5.96. The molecule has 5 heteroatoms. The van der Waals surface area contributed by atoms with E-state index in [1.54, 1.807) is 6.07 Å². The molecule has 39 heavy (non-hydrogen) atoms. The van der Waals surface area contributed by atoms with Gasteiger partial charge in [0.1, 0.15) is 17.9 Å². The van der Waals surface area contributed by atoms with Gasteiger partial charge in [0.25, 0.3) is 5.91 Å². The average Bonchev–Trinajstić information content (AvgIpc) is 2.87. The average molecular weight is 528 g/mol. The van der Waals surface area contributed by atoms with Gasteiger partial charge in [-0.1, -0.05) is 83.1 Å². The van der Waals surface area contributed by atoms with Gasteiger partial charge >= 0.3 is 5.97 Å². The summed E-state index contributed by atoms with van der Waals surface area (Å²) in [5.41, 5.74) is 5.83. The number of carboxylic acid groups (broad SMARTS) is 1. The smallest absolute Gasteiger partial charge is 0.323 e. The Morgan fingerprint density at radius 3 is 2.21 bits per heavy atom. The molecule has 1 aliphatic heterocycles. The Morgan fingerprint density at radius 2 is 1.62 bits per heavy atom. The molecule has 0 bridgehead atoms. The number of benzene rings is 3. The molecule has 0 saturated carbocycles. The summed E-state index contributed by atoms with van der Waals surface area (Å²) < 4.78 is 6.48. The van der Waals surface area contributed by atoms with Crippen LogP contribution in [-0.2, 0) is 29.6 Å². The summed E-state index contributed by atoms with van der Waals surface area (Å²) in [7, 11) is 0. The highest BCUT2D eigenvalue weighted by atomic mass is 16.5. The highest BCUT2D eigenvalue weighted by Gasteiger charge is 2.32. The molecule has 1 amide bonds. The van der Waals surface area contributed by atoms with E-state index in [-0.39, 0.29) is 30.0 Å². The summed E-state index contributed by atoms with van der Waals surface area (Å²) in [6, 6.07) is 22.3. The van der Waals surface area contributed by atoms with Crippen molar-refractivity contribution in [3.63, 3.8) is 0 Å². The standard InChI is InChI=1S/C34H41NO4/c1-23(2)26-11-7-24(8-12-26)20-34(6)18-17-27-19-28(13-16-30(27)39-34)32(38)35(22-31(36)37)21-25-9-14-29(15-10-25)33(3,4)5/h7-16,19,23H,17-18,20-22H2,1-6H3,(H,36,37). The van der Waals surface area contributed by atoms with Gasteiger partial charge in [0.15, 0.2) is 0 Å². The van der Waals surface area contributed by atoms with E-state index in [1.807, 2.05) is 36.4 Å². The normalized spacial score (nSPS) is 16.9. The zero-order valence-corrected chi connectivity index (χ0v) is 24.1. The van der Waals surface area contributed by atoms with Crippen LogP contribution in [0.3, 0.4) is 0 Å². The van der Waals surface area contributed by atoms with Gasteiger partial charge in [-0.25, -0.2) is 0 Å². The zero-order chi connectivity index (χ0) is 28.4. The van der Waals surface area contributed by atoms with E-state index in [4.69, 9.17) is 4.74 Å². The molecule has 3 aromatic carbocycles. The maximum atomic E-state index is 13.5. The third kappa shape index (κ3) is 7.08. The number of aryl methyl sites for hydroxylation is 1. The Morgan fingerprint density at radius 1 is 0.974 bits per heavy atom. The number of amides is 1. The first-order valence-electron chi connectivity index (χ1n) is 13.8. The molecule has 0 fully saturated rings. The predicted octanol–water partition coefficient (Wildman–Crippen LogP) is 7.16. The fourth-order valence-electron chi connectivity index (χ4n) is 5.18. The number of aliphatic carboxylic acids is 1. The largest absolute Gasteiger partial charge is 0.487 e. The SMILES string of the molecule is CC(C)c1ccc(CC2(C)CCc3cc(C(=O)N(CC(=O)O)Cc4ccc(C(C)(C)C)cc4)ccc3O2)cc1. The van der Waals surface area contributed by atoms with Gasteiger partial charge in [0.2, 0.25) is 0 Å². The molecule has 3 aromatic rings. The topological polar surface area (TPSA) is 66.8 Å². The summed E-state index contributed by atoms with van der Waals surface area (Å²) in [6.45, 7) is 12.9. The first-order valence-corrected chi connectivity index (χ1v) is 13.8. The molecule has 1 N–H and O–H groups in total. The third-order valence-corrected chi connectivity index (χ3v) is 7.62. The van der Waals surface area contributed by atoms with Crippen molar-refractivity contribution in [2.75, 3.05) is 6.54 Å². The number of carbonyl (C=O) groups excluding carboxylic acids is 1. The maximum Gasteiger partial charge on any atom is 0.323 e. The molecule has 0 aromatic heterocycles. The van der Waals surface area contributed by atoms with Crippen LogP contribution >= 0.6 is 0 Å². The monoisotopic (exact) mass is 527 g/mol. The predicted molar refractivity (Wildman–Crippen MR) is 156 cm³/mol. The van der Waals surface area contributed by atoms with Gasteiger partial charge < -0.3 is 14.7 Å². The van der Waals surface area contributed by atoms with Gasteiger partial charge in [-0.2, -0.15) is 0 Å². The maximum absolute atomic E-state index is 13.5. The minimum atomic E-state index is -1.03. The van der Waals surface area contributed by atoms with Crippen molar-refractivity contribution in [2.24, 2.45) is 0 Å². The van der Waals surface area contributed by atoms with Gasteiger partial charge in [-0.05, 0) is 77.1 Å². The fraction of sp³-hybridized carbons (Fsp3) is 0.412. The Labute approximate surface area is 232 Å². The van der Waals surface area contributed by atoms with Crippen LogP contribution in [0.25, 0.3) is 0 Å². The lowest BCUT2D eigenvalue weighted by Crippen LogP contribution is -2.39. The first kappa shape index (κ1) is 28.4. The molecule has 0 aliphatic carbocycles. The summed E-state index contributed by atoms with van der Waals surface area (Å²) >= 11 is 0. The van der Waals surface area contributed by atoms with Crippen molar-refractivity contribution in [1.29, 1.82) is 0 Å². The summed E-state index contributed by atoms with van der Waals surface area (Å²) in [5.74, 6) is -0.0294. The summed E-state index contributed by atoms with van der Waals surface area (Å²) in [6.07, 6.45) is 2.44. The number of hydrogen-bond donors (Lipinski definition) is 1. The first-order chi connectivity index (χ1) is 18.3. The molecule has 1 heterocycles. The van der Waals surface area contributed by atoms with E-state index in [0.29, 0.717) is 11.5 Å². The van der Waals surface area contributed by atoms with Crippen LogP contribution in [0.5, 0.6) is 5.75 Å². The van der Waals surface area contributed by atoms with Gasteiger partial charge in [-0.15, -0.1) is 0 Å². The number of carboxylic acids is 1. The van der Waals surface area contributed by atoms with Crippen molar-refractivity contribution < 1.29 is 19.4 Å². The van der Waals surface area contributed by atoms with Crippen LogP contribution in [-0.4, -0.2) is 34.0 Å². The van der Waals surface area contributed by atoms with Crippen LogP contribution < -0.4 is 4.74 Å². The highest BCUT2D eigenvalue weighted by Crippen LogP contribution is 2.36. The Hall–Kier alpha value is -3.60. The molecule has 0 spiro atoms. The van der Waals surface area contributed by atoms with Crippen molar-refractivity contribution in [1.82, 2.24) is 4.90 Å². The quantitative estimate of drug-likeness (QED) is 0.337. The van der Waals surface area contributed by atoms with Gasteiger partial charge in [0, 0.05) is 18.5 Å².